The van der Waals surface area contributed by atoms with E-state index >= 15 is 8.78 Å². The molecule has 5 aromatic rings. The first kappa shape index (κ1) is 28.7. The van der Waals surface area contributed by atoms with Gasteiger partial charge in [-0.25, -0.2) is 27.9 Å². The third kappa shape index (κ3) is 6.07. The maximum atomic E-state index is 15.5. The van der Waals surface area contributed by atoms with Gasteiger partial charge in [0, 0.05) is 35.2 Å². The number of carboxylic acid groups (broad SMARTS) is 1. The summed E-state index contributed by atoms with van der Waals surface area (Å²) in [5.41, 5.74) is 1.66. The fourth-order valence-corrected chi connectivity index (χ4v) is 5.32. The van der Waals surface area contributed by atoms with E-state index in [2.05, 4.69) is 9.97 Å². The summed E-state index contributed by atoms with van der Waals surface area (Å²) in [7, 11) is 0. The number of rotatable bonds is 9. The van der Waals surface area contributed by atoms with Gasteiger partial charge in [0.05, 0.1) is 34.9 Å². The van der Waals surface area contributed by atoms with Gasteiger partial charge in [-0.15, -0.1) is 0 Å². The lowest BCUT2D eigenvalue weighted by Crippen LogP contribution is -2.17. The Kier molecular flexibility index (Phi) is 8.05. The summed E-state index contributed by atoms with van der Waals surface area (Å²) >= 11 is 5.79. The fraction of sp³-hybridized carbons (Fsp3) is 0.219. The Morgan fingerprint density at radius 1 is 1.02 bits per heavy atom. The number of pyridine rings is 1. The molecule has 0 radical (unpaired) electrons. The second kappa shape index (κ2) is 12.1. The van der Waals surface area contributed by atoms with Crippen LogP contribution < -0.4 is 4.74 Å². The highest BCUT2D eigenvalue weighted by Crippen LogP contribution is 2.29. The number of carbonyl (C=O) groups is 1. The summed E-state index contributed by atoms with van der Waals surface area (Å²) in [6.45, 7) is 0.913. The molecule has 1 N–H and O–H groups in total. The second-order valence-corrected chi connectivity index (χ2v) is 10.7. The Balaban J connectivity index is 1.27. The van der Waals surface area contributed by atoms with Gasteiger partial charge in [0.25, 0.3) is 0 Å². The smallest absolute Gasteiger partial charge is 0.335 e. The van der Waals surface area contributed by atoms with Crippen LogP contribution in [0.25, 0.3) is 22.3 Å². The largest absolute Gasteiger partial charge is 0.478 e. The number of nitrogens with zero attached hydrogens (tertiary/aromatic N) is 3. The van der Waals surface area contributed by atoms with Crippen LogP contribution in [0.3, 0.4) is 0 Å². The van der Waals surface area contributed by atoms with Crippen molar-refractivity contribution in [3.05, 3.63) is 112 Å². The van der Waals surface area contributed by atoms with Gasteiger partial charge in [0.15, 0.2) is 11.6 Å². The zero-order chi connectivity index (χ0) is 30.1. The van der Waals surface area contributed by atoms with E-state index in [9.17, 15) is 14.3 Å². The van der Waals surface area contributed by atoms with Crippen LogP contribution in [-0.2, 0) is 24.3 Å². The molecular weight excluding hydrogens is 583 g/mol. The molecule has 1 fully saturated rings. The van der Waals surface area contributed by atoms with Crippen LogP contribution in [0.2, 0.25) is 5.02 Å². The lowest BCUT2D eigenvalue weighted by atomic mass is 10.0. The first-order valence-electron chi connectivity index (χ1n) is 13.6. The Labute approximate surface area is 249 Å². The molecule has 1 unspecified atom stereocenters. The highest BCUT2D eigenvalue weighted by Gasteiger charge is 2.23. The van der Waals surface area contributed by atoms with E-state index in [4.69, 9.17) is 21.1 Å². The molecule has 1 aliphatic heterocycles. The third-order valence-electron chi connectivity index (χ3n) is 7.39. The molecular formula is C32H25ClF3N3O4. The molecule has 1 atom stereocenters. The minimum absolute atomic E-state index is 0.0317. The predicted molar refractivity (Wildman–Crippen MR) is 154 cm³/mol. The SMILES string of the molecule is O=C(O)c1ccc2nc(Cc3ccc(-c4cccc(OCc5ccc(Cl)cc5F)n4)c(F)c3F)n(CC3CCCO3)c2c1. The van der Waals surface area contributed by atoms with Crippen LogP contribution >= 0.6 is 11.6 Å². The average Bonchev–Trinajstić information content (AvgIpc) is 3.63. The van der Waals surface area contributed by atoms with E-state index in [1.807, 2.05) is 4.57 Å². The minimum Gasteiger partial charge on any atom is -0.478 e. The Morgan fingerprint density at radius 2 is 1.86 bits per heavy atom. The van der Waals surface area contributed by atoms with Crippen molar-refractivity contribution < 1.29 is 32.5 Å². The highest BCUT2D eigenvalue weighted by atomic mass is 35.5. The number of halogens is 4. The van der Waals surface area contributed by atoms with E-state index in [1.165, 1.54) is 54.6 Å². The molecule has 7 nitrogen and oxygen atoms in total. The Bertz CT molecular complexity index is 1840. The van der Waals surface area contributed by atoms with Crippen LogP contribution in [0.5, 0.6) is 5.88 Å². The van der Waals surface area contributed by atoms with Gasteiger partial charge in [-0.2, -0.15) is 0 Å². The van der Waals surface area contributed by atoms with E-state index in [0.29, 0.717) is 30.0 Å². The van der Waals surface area contributed by atoms with Crippen molar-refractivity contribution >= 4 is 28.6 Å². The molecule has 220 valence electrons. The summed E-state index contributed by atoms with van der Waals surface area (Å²) in [6, 6.07) is 16.4. The van der Waals surface area contributed by atoms with Crippen LogP contribution in [0, 0.1) is 17.5 Å². The molecule has 0 saturated carbocycles. The van der Waals surface area contributed by atoms with Crippen LogP contribution in [0.1, 0.15) is 40.2 Å². The second-order valence-electron chi connectivity index (χ2n) is 10.2. The van der Waals surface area contributed by atoms with E-state index in [-0.39, 0.29) is 58.0 Å². The zero-order valence-electron chi connectivity index (χ0n) is 22.7. The zero-order valence-corrected chi connectivity index (χ0v) is 23.5. The molecule has 1 aliphatic rings. The van der Waals surface area contributed by atoms with Crippen LogP contribution in [0.15, 0.2) is 66.7 Å². The molecule has 43 heavy (non-hydrogen) atoms. The van der Waals surface area contributed by atoms with Crippen molar-refractivity contribution in [2.45, 2.75) is 38.5 Å². The molecule has 0 spiro atoms. The summed E-state index contributed by atoms with van der Waals surface area (Å²) in [5, 5.41) is 9.75. The molecule has 2 aromatic heterocycles. The van der Waals surface area contributed by atoms with Crippen LogP contribution in [-0.4, -0.2) is 38.3 Å². The highest BCUT2D eigenvalue weighted by molar-refractivity contribution is 6.30. The monoisotopic (exact) mass is 607 g/mol. The summed E-state index contributed by atoms with van der Waals surface area (Å²) in [6.07, 6.45) is 1.62. The number of benzene rings is 3. The number of fused-ring (bicyclic) bond motifs is 1. The first-order valence-corrected chi connectivity index (χ1v) is 14.0. The van der Waals surface area contributed by atoms with E-state index in [1.54, 1.807) is 12.1 Å². The van der Waals surface area contributed by atoms with Crippen molar-refractivity contribution in [1.29, 1.82) is 0 Å². The van der Waals surface area contributed by atoms with Crippen molar-refractivity contribution in [2.75, 3.05) is 6.61 Å². The molecule has 1 saturated heterocycles. The van der Waals surface area contributed by atoms with Crippen LogP contribution in [0.4, 0.5) is 13.2 Å². The number of imidazole rings is 1. The van der Waals surface area contributed by atoms with Gasteiger partial charge in [-0.05, 0) is 60.9 Å². The predicted octanol–water partition coefficient (Wildman–Crippen LogP) is 7.22. The maximum Gasteiger partial charge on any atom is 0.335 e. The normalized spacial score (nSPS) is 14.8. The standard InChI is InChI=1S/C32H25ClF3N3O4/c33-21-9-6-20(24(34)15-21)17-43-29-5-1-4-25(38-29)23-10-7-18(30(35)31(23)36)14-28-37-26-11-8-19(32(40)41)13-27(26)39(28)16-22-3-2-12-42-22/h1,4-11,13,15,22H,2-3,12,14,16-17H2,(H,40,41). The van der Waals surface area contributed by atoms with Crippen molar-refractivity contribution in [2.24, 2.45) is 0 Å². The molecule has 0 aliphatic carbocycles. The van der Waals surface area contributed by atoms with Gasteiger partial charge >= 0.3 is 5.97 Å². The quantitative estimate of drug-likeness (QED) is 0.190. The van der Waals surface area contributed by atoms with E-state index in [0.717, 1.165) is 12.8 Å². The van der Waals surface area contributed by atoms with Gasteiger partial charge in [-0.1, -0.05) is 29.8 Å². The third-order valence-corrected chi connectivity index (χ3v) is 7.62. The van der Waals surface area contributed by atoms with Gasteiger partial charge in [0.1, 0.15) is 18.2 Å². The van der Waals surface area contributed by atoms with Crippen molar-refractivity contribution in [3.63, 3.8) is 0 Å². The molecule has 11 heteroatoms. The lowest BCUT2D eigenvalue weighted by Gasteiger charge is -2.15. The summed E-state index contributed by atoms with van der Waals surface area (Å²) in [4.78, 5) is 20.5. The fourth-order valence-electron chi connectivity index (χ4n) is 5.17. The maximum absolute atomic E-state index is 15.5. The molecule has 3 heterocycles. The van der Waals surface area contributed by atoms with Gasteiger partial charge in [0.2, 0.25) is 5.88 Å². The van der Waals surface area contributed by atoms with Crippen molar-refractivity contribution in [3.8, 4) is 17.1 Å². The van der Waals surface area contributed by atoms with Gasteiger partial charge in [-0.3, -0.25) is 0 Å². The lowest BCUT2D eigenvalue weighted by molar-refractivity contribution is 0.0697. The number of hydrogen-bond donors (Lipinski definition) is 1. The molecule has 0 bridgehead atoms. The topological polar surface area (TPSA) is 86.5 Å². The number of aromatic nitrogens is 3. The Hall–Kier alpha value is -4.41. The minimum atomic E-state index is -1.08. The number of hydrogen-bond acceptors (Lipinski definition) is 5. The van der Waals surface area contributed by atoms with Gasteiger partial charge < -0.3 is 19.1 Å². The van der Waals surface area contributed by atoms with Crippen molar-refractivity contribution in [1.82, 2.24) is 14.5 Å². The summed E-state index contributed by atoms with van der Waals surface area (Å²) in [5.74, 6) is -3.16. The number of aromatic carboxylic acids is 1. The number of ether oxygens (including phenoxy) is 2. The summed E-state index contributed by atoms with van der Waals surface area (Å²) < 4.78 is 58.3. The average molecular weight is 608 g/mol. The van der Waals surface area contributed by atoms with E-state index < -0.39 is 23.4 Å². The molecule has 6 rings (SSSR count). The molecule has 0 amide bonds. The Morgan fingerprint density at radius 3 is 2.63 bits per heavy atom. The first-order chi connectivity index (χ1) is 20.8. The number of carboxylic acids is 1. The molecule has 3 aromatic carbocycles.